The largest absolute Gasteiger partial charge is 0.466 e. The molecule has 0 aliphatic heterocycles. The summed E-state index contributed by atoms with van der Waals surface area (Å²) in [5, 5.41) is 0. The summed E-state index contributed by atoms with van der Waals surface area (Å²) in [5.41, 5.74) is -3.23. The Bertz CT molecular complexity index is 478. The highest BCUT2D eigenvalue weighted by Gasteiger charge is 2.50. The fourth-order valence-electron chi connectivity index (χ4n) is 1.63. The van der Waals surface area contributed by atoms with Gasteiger partial charge in [0.05, 0.1) is 7.11 Å². The Balaban J connectivity index is 3.04. The maximum absolute atomic E-state index is 14.8. The highest BCUT2D eigenvalue weighted by Crippen LogP contribution is 2.24. The van der Waals surface area contributed by atoms with Crippen LogP contribution >= 0.6 is 0 Å². The van der Waals surface area contributed by atoms with Crippen LogP contribution in [0.3, 0.4) is 0 Å². The molecule has 0 saturated carbocycles. The van der Waals surface area contributed by atoms with Crippen LogP contribution in [0.25, 0.3) is 0 Å². The molecule has 0 aromatic heterocycles. The highest BCUT2D eigenvalue weighted by molar-refractivity contribution is 6.03. The van der Waals surface area contributed by atoms with Crippen molar-refractivity contribution in [2.24, 2.45) is 0 Å². The van der Waals surface area contributed by atoms with E-state index in [2.05, 4.69) is 4.74 Å². The monoisotopic (exact) mass is 282 g/mol. The molecule has 0 N–H and O–H groups in total. The van der Waals surface area contributed by atoms with Crippen LogP contribution in [-0.2, 0) is 25.5 Å². The molecule has 0 amide bonds. The molecule has 0 fully saturated rings. The molecule has 5 heteroatoms. The number of rotatable bonds is 4. The number of benzene rings is 1. The second-order valence-electron chi connectivity index (χ2n) is 5.46. The molecule has 4 nitrogen and oxygen atoms in total. The summed E-state index contributed by atoms with van der Waals surface area (Å²) in [6.45, 7) is 4.81. The van der Waals surface area contributed by atoms with Gasteiger partial charge in [0.15, 0.2) is 0 Å². The molecule has 110 valence electrons. The van der Waals surface area contributed by atoms with Crippen LogP contribution in [0.2, 0.25) is 0 Å². The van der Waals surface area contributed by atoms with Crippen LogP contribution in [0.4, 0.5) is 4.39 Å². The van der Waals surface area contributed by atoms with Gasteiger partial charge in [0.1, 0.15) is 5.60 Å². The average Bonchev–Trinajstić information content (AvgIpc) is 2.36. The molecule has 0 heterocycles. The third-order valence-electron chi connectivity index (χ3n) is 2.52. The predicted octanol–water partition coefficient (Wildman–Crippen LogP) is 2.45. The number of carbonyl (C=O) groups excluding carboxylic acids is 2. The summed E-state index contributed by atoms with van der Waals surface area (Å²) in [7, 11) is 1.03. The summed E-state index contributed by atoms with van der Waals surface area (Å²) in [5.74, 6) is -2.49. The maximum Gasteiger partial charge on any atom is 0.356 e. The van der Waals surface area contributed by atoms with E-state index in [1.807, 2.05) is 0 Å². The van der Waals surface area contributed by atoms with Crippen molar-refractivity contribution in [2.45, 2.75) is 38.5 Å². The molecule has 0 radical (unpaired) electrons. The van der Waals surface area contributed by atoms with Gasteiger partial charge in [-0.15, -0.1) is 0 Å². The molecule has 0 spiro atoms. The van der Waals surface area contributed by atoms with Crippen molar-refractivity contribution in [1.82, 2.24) is 0 Å². The van der Waals surface area contributed by atoms with E-state index in [4.69, 9.17) is 4.74 Å². The van der Waals surface area contributed by atoms with E-state index >= 15 is 0 Å². The molecule has 0 bridgehead atoms. The molecule has 1 aromatic rings. The standard InChI is InChI=1S/C15H19FO4/c1-14(2,3)20-13(18)15(16,12(17)19-4)10-11-8-6-5-7-9-11/h5-9H,10H2,1-4H3/t15-/m0/s1. The van der Waals surface area contributed by atoms with Gasteiger partial charge < -0.3 is 9.47 Å². The van der Waals surface area contributed by atoms with E-state index in [9.17, 15) is 14.0 Å². The topological polar surface area (TPSA) is 52.6 Å². The summed E-state index contributed by atoms with van der Waals surface area (Å²) in [6.07, 6.45) is -0.421. The summed E-state index contributed by atoms with van der Waals surface area (Å²) < 4.78 is 24.2. The second kappa shape index (κ2) is 6.03. The van der Waals surface area contributed by atoms with Gasteiger partial charge in [-0.1, -0.05) is 30.3 Å². The Morgan fingerprint density at radius 1 is 1.10 bits per heavy atom. The lowest BCUT2D eigenvalue weighted by molar-refractivity contribution is -0.180. The van der Waals surface area contributed by atoms with Crippen LogP contribution in [-0.4, -0.2) is 30.3 Å². The maximum atomic E-state index is 14.8. The number of carbonyl (C=O) groups is 2. The number of methoxy groups -OCH3 is 1. The van der Waals surface area contributed by atoms with Crippen LogP contribution in [0.15, 0.2) is 30.3 Å². The van der Waals surface area contributed by atoms with Crippen molar-refractivity contribution in [1.29, 1.82) is 0 Å². The third-order valence-corrected chi connectivity index (χ3v) is 2.52. The first kappa shape index (κ1) is 16.1. The minimum atomic E-state index is -2.84. The van der Waals surface area contributed by atoms with Crippen molar-refractivity contribution >= 4 is 11.9 Å². The van der Waals surface area contributed by atoms with Gasteiger partial charge in [-0.25, -0.2) is 14.0 Å². The number of alkyl halides is 1. The number of esters is 2. The first-order valence-corrected chi connectivity index (χ1v) is 6.24. The number of halogens is 1. The zero-order chi connectivity index (χ0) is 15.4. The normalized spacial score (nSPS) is 14.2. The molecule has 1 rings (SSSR count). The number of hydrogen-bond acceptors (Lipinski definition) is 4. The Morgan fingerprint density at radius 2 is 1.65 bits per heavy atom. The predicted molar refractivity (Wildman–Crippen MR) is 71.8 cm³/mol. The molecular formula is C15H19FO4. The van der Waals surface area contributed by atoms with Crippen LogP contribution in [0.1, 0.15) is 26.3 Å². The van der Waals surface area contributed by atoms with E-state index in [0.717, 1.165) is 7.11 Å². The lowest BCUT2D eigenvalue weighted by Gasteiger charge is -2.26. The Hall–Kier alpha value is -1.91. The van der Waals surface area contributed by atoms with Crippen molar-refractivity contribution in [3.8, 4) is 0 Å². The zero-order valence-electron chi connectivity index (χ0n) is 12.1. The van der Waals surface area contributed by atoms with Gasteiger partial charge in [-0.05, 0) is 26.3 Å². The van der Waals surface area contributed by atoms with E-state index in [0.29, 0.717) is 5.56 Å². The minimum absolute atomic E-state index is 0.421. The molecule has 0 saturated heterocycles. The van der Waals surface area contributed by atoms with E-state index in [-0.39, 0.29) is 0 Å². The Morgan fingerprint density at radius 3 is 2.10 bits per heavy atom. The van der Waals surface area contributed by atoms with E-state index in [1.165, 1.54) is 0 Å². The smallest absolute Gasteiger partial charge is 0.356 e. The van der Waals surface area contributed by atoms with Gasteiger partial charge in [0.25, 0.3) is 0 Å². The molecule has 0 unspecified atom stereocenters. The molecule has 20 heavy (non-hydrogen) atoms. The SMILES string of the molecule is COC(=O)[C@@](F)(Cc1ccccc1)C(=O)OC(C)(C)C. The van der Waals surface area contributed by atoms with Crippen LogP contribution in [0, 0.1) is 0 Å². The molecule has 0 aliphatic carbocycles. The van der Waals surface area contributed by atoms with Gasteiger partial charge >= 0.3 is 17.6 Å². The van der Waals surface area contributed by atoms with Crippen molar-refractivity contribution < 1.29 is 23.5 Å². The van der Waals surface area contributed by atoms with Crippen molar-refractivity contribution in [2.75, 3.05) is 7.11 Å². The van der Waals surface area contributed by atoms with Crippen molar-refractivity contribution in [3.05, 3.63) is 35.9 Å². The molecule has 1 aromatic carbocycles. The second-order valence-corrected chi connectivity index (χ2v) is 5.46. The quantitative estimate of drug-likeness (QED) is 0.629. The first-order chi connectivity index (χ1) is 9.19. The van der Waals surface area contributed by atoms with Gasteiger partial charge in [-0.2, -0.15) is 0 Å². The Labute approximate surface area is 117 Å². The van der Waals surface area contributed by atoms with Gasteiger partial charge in [0, 0.05) is 6.42 Å². The van der Waals surface area contributed by atoms with Crippen molar-refractivity contribution in [3.63, 3.8) is 0 Å². The van der Waals surface area contributed by atoms with Crippen LogP contribution < -0.4 is 0 Å². The summed E-state index contributed by atoms with van der Waals surface area (Å²) in [4.78, 5) is 23.7. The van der Waals surface area contributed by atoms with Gasteiger partial charge in [-0.3, -0.25) is 0 Å². The molecular weight excluding hydrogens is 263 g/mol. The lowest BCUT2D eigenvalue weighted by Crippen LogP contribution is -2.48. The van der Waals surface area contributed by atoms with Gasteiger partial charge in [0.2, 0.25) is 0 Å². The zero-order valence-corrected chi connectivity index (χ0v) is 12.1. The number of ether oxygens (including phenoxy) is 2. The average molecular weight is 282 g/mol. The fraction of sp³-hybridized carbons (Fsp3) is 0.467. The Kier molecular flexibility index (Phi) is 4.87. The van der Waals surface area contributed by atoms with Crippen LogP contribution in [0.5, 0.6) is 0 Å². The molecule has 0 aliphatic rings. The summed E-state index contributed by atoms with van der Waals surface area (Å²) >= 11 is 0. The fourth-order valence-corrected chi connectivity index (χ4v) is 1.63. The third kappa shape index (κ3) is 4.05. The minimum Gasteiger partial charge on any atom is -0.466 e. The lowest BCUT2D eigenvalue weighted by atomic mass is 9.96. The van der Waals surface area contributed by atoms with E-state index < -0.39 is 29.6 Å². The first-order valence-electron chi connectivity index (χ1n) is 6.24. The molecule has 1 atom stereocenters. The summed E-state index contributed by atoms with van der Waals surface area (Å²) in [6, 6.07) is 8.41. The number of hydrogen-bond donors (Lipinski definition) is 0. The van der Waals surface area contributed by atoms with E-state index in [1.54, 1.807) is 51.1 Å². The highest BCUT2D eigenvalue weighted by atomic mass is 19.1.